The lowest BCUT2D eigenvalue weighted by Gasteiger charge is -2.11. The zero-order chi connectivity index (χ0) is 23.0. The number of hydrogen-bond acceptors (Lipinski definition) is 6. The van der Waals surface area contributed by atoms with E-state index in [0.717, 1.165) is 18.2 Å². The number of rotatable bonds is 5. The van der Waals surface area contributed by atoms with E-state index >= 15 is 0 Å². The molecule has 0 saturated heterocycles. The molecule has 4 rings (SSSR count). The summed E-state index contributed by atoms with van der Waals surface area (Å²) in [6.07, 6.45) is 1.51. The van der Waals surface area contributed by atoms with E-state index in [1.165, 1.54) is 22.4 Å². The fraction of sp³-hybridized carbons (Fsp3) is 0.182. The van der Waals surface area contributed by atoms with Crippen LogP contribution in [0, 0.1) is 25.5 Å². The van der Waals surface area contributed by atoms with Crippen molar-refractivity contribution < 1.29 is 23.0 Å². The van der Waals surface area contributed by atoms with Crippen LogP contribution >= 0.6 is 0 Å². The van der Waals surface area contributed by atoms with Gasteiger partial charge in [-0.05, 0) is 44.2 Å². The maximum atomic E-state index is 14.3. The molecule has 1 aromatic carbocycles. The minimum Gasteiger partial charge on any atom is -0.478 e. The number of carbonyl (C=O) groups is 1. The summed E-state index contributed by atoms with van der Waals surface area (Å²) < 4.78 is 40.4. The average molecular weight is 440 g/mol. The number of halogens is 2. The van der Waals surface area contributed by atoms with Crippen LogP contribution in [-0.2, 0) is 9.53 Å². The number of ether oxygens (including phenoxy) is 2. The maximum absolute atomic E-state index is 14.3. The molecule has 0 atom stereocenters. The standard InChI is InChI=1S/C22H18F2N4O4/c1-12-9-16(26-28(12)17-10-14(23)6-7-15(17)24)20-13(2)25-21-18(32-11-19(29)31-3)5-4-8-27(21)22(20)30/h4-10H,11H2,1-3H3. The van der Waals surface area contributed by atoms with E-state index in [-0.39, 0.29) is 34.9 Å². The number of pyridine rings is 1. The molecule has 3 aromatic heterocycles. The minimum atomic E-state index is -0.651. The van der Waals surface area contributed by atoms with Gasteiger partial charge in [-0.3, -0.25) is 9.20 Å². The molecule has 0 radical (unpaired) electrons. The molecule has 0 saturated carbocycles. The Labute approximate surface area is 180 Å². The molecular formula is C22H18F2N4O4. The first-order valence-corrected chi connectivity index (χ1v) is 9.54. The normalized spacial score (nSPS) is 11.0. The van der Waals surface area contributed by atoms with Crippen molar-refractivity contribution in [3.8, 4) is 22.7 Å². The summed E-state index contributed by atoms with van der Waals surface area (Å²) in [5, 5.41) is 4.34. The van der Waals surface area contributed by atoms with Crippen molar-refractivity contribution in [1.82, 2.24) is 19.2 Å². The molecular weight excluding hydrogens is 422 g/mol. The molecule has 32 heavy (non-hydrogen) atoms. The van der Waals surface area contributed by atoms with Crippen LogP contribution in [0.3, 0.4) is 0 Å². The topological polar surface area (TPSA) is 87.7 Å². The predicted molar refractivity (Wildman–Crippen MR) is 111 cm³/mol. The summed E-state index contributed by atoms with van der Waals surface area (Å²) >= 11 is 0. The molecule has 0 aliphatic carbocycles. The summed E-state index contributed by atoms with van der Waals surface area (Å²) in [6, 6.07) is 7.81. The van der Waals surface area contributed by atoms with E-state index in [1.54, 1.807) is 32.0 Å². The number of hydrogen-bond donors (Lipinski definition) is 0. The molecule has 3 heterocycles. The lowest BCUT2D eigenvalue weighted by Crippen LogP contribution is -2.20. The molecule has 0 aliphatic rings. The maximum Gasteiger partial charge on any atom is 0.343 e. The van der Waals surface area contributed by atoms with Gasteiger partial charge >= 0.3 is 5.97 Å². The summed E-state index contributed by atoms with van der Waals surface area (Å²) in [6.45, 7) is 2.96. The number of benzene rings is 1. The van der Waals surface area contributed by atoms with Gasteiger partial charge in [0.25, 0.3) is 5.56 Å². The lowest BCUT2D eigenvalue weighted by atomic mass is 10.1. The Kier molecular flexibility index (Phi) is 5.43. The van der Waals surface area contributed by atoms with Crippen LogP contribution < -0.4 is 10.3 Å². The second-order valence-electron chi connectivity index (χ2n) is 6.99. The quantitative estimate of drug-likeness (QED) is 0.444. The molecule has 10 heteroatoms. The molecule has 164 valence electrons. The Balaban J connectivity index is 1.83. The van der Waals surface area contributed by atoms with Crippen molar-refractivity contribution in [3.63, 3.8) is 0 Å². The van der Waals surface area contributed by atoms with Gasteiger partial charge in [0.05, 0.1) is 18.4 Å². The third-order valence-corrected chi connectivity index (χ3v) is 4.85. The summed E-state index contributed by atoms with van der Waals surface area (Å²) in [7, 11) is 1.24. The van der Waals surface area contributed by atoms with E-state index in [0.29, 0.717) is 11.4 Å². The number of nitrogens with zero attached hydrogens (tertiary/aromatic N) is 4. The molecule has 0 spiro atoms. The van der Waals surface area contributed by atoms with E-state index in [2.05, 4.69) is 14.8 Å². The monoisotopic (exact) mass is 440 g/mol. The van der Waals surface area contributed by atoms with E-state index in [4.69, 9.17) is 4.74 Å². The van der Waals surface area contributed by atoms with E-state index < -0.39 is 23.2 Å². The highest BCUT2D eigenvalue weighted by atomic mass is 19.1. The predicted octanol–water partition coefficient (Wildman–Crippen LogP) is 2.99. The first-order valence-electron chi connectivity index (χ1n) is 9.54. The molecule has 0 unspecified atom stereocenters. The Morgan fingerprint density at radius 2 is 1.94 bits per heavy atom. The Bertz CT molecular complexity index is 1410. The van der Waals surface area contributed by atoms with Gasteiger partial charge < -0.3 is 9.47 Å². The highest BCUT2D eigenvalue weighted by Gasteiger charge is 2.19. The van der Waals surface area contributed by atoms with Crippen LogP contribution in [0.15, 0.2) is 47.4 Å². The number of carbonyl (C=O) groups excluding carboxylic acids is 1. The zero-order valence-electron chi connectivity index (χ0n) is 17.4. The summed E-state index contributed by atoms with van der Waals surface area (Å²) in [5.41, 5.74) is 1.04. The Hall–Kier alpha value is -4.08. The molecule has 4 aromatic rings. The van der Waals surface area contributed by atoms with Gasteiger partial charge in [-0.1, -0.05) is 0 Å². The van der Waals surface area contributed by atoms with Gasteiger partial charge in [0.2, 0.25) is 0 Å². The Morgan fingerprint density at radius 1 is 1.16 bits per heavy atom. The van der Waals surface area contributed by atoms with Crippen molar-refractivity contribution in [2.75, 3.05) is 13.7 Å². The number of methoxy groups -OCH3 is 1. The second-order valence-corrected chi connectivity index (χ2v) is 6.99. The fourth-order valence-corrected chi connectivity index (χ4v) is 3.33. The van der Waals surface area contributed by atoms with Crippen molar-refractivity contribution in [3.05, 3.63) is 76.0 Å². The first kappa shape index (κ1) is 21.2. The van der Waals surface area contributed by atoms with Crippen molar-refractivity contribution in [1.29, 1.82) is 0 Å². The van der Waals surface area contributed by atoms with Gasteiger partial charge in [0.15, 0.2) is 18.0 Å². The van der Waals surface area contributed by atoms with Crippen molar-refractivity contribution in [2.24, 2.45) is 0 Å². The molecule has 8 nitrogen and oxygen atoms in total. The fourth-order valence-electron chi connectivity index (χ4n) is 3.33. The van der Waals surface area contributed by atoms with Crippen LogP contribution in [0.2, 0.25) is 0 Å². The highest BCUT2D eigenvalue weighted by molar-refractivity contribution is 5.71. The number of fused-ring (bicyclic) bond motifs is 1. The lowest BCUT2D eigenvalue weighted by molar-refractivity contribution is -0.142. The third kappa shape index (κ3) is 3.70. The zero-order valence-corrected chi connectivity index (χ0v) is 17.4. The van der Waals surface area contributed by atoms with E-state index in [1.807, 2.05) is 0 Å². The Morgan fingerprint density at radius 3 is 2.69 bits per heavy atom. The highest BCUT2D eigenvalue weighted by Crippen LogP contribution is 2.25. The van der Waals surface area contributed by atoms with Gasteiger partial charge in [-0.15, -0.1) is 0 Å². The smallest absolute Gasteiger partial charge is 0.343 e. The third-order valence-electron chi connectivity index (χ3n) is 4.85. The van der Waals surface area contributed by atoms with Crippen LogP contribution in [0.25, 0.3) is 22.6 Å². The largest absolute Gasteiger partial charge is 0.478 e. The second kappa shape index (κ2) is 8.22. The van der Waals surface area contributed by atoms with Crippen LogP contribution in [0.5, 0.6) is 5.75 Å². The van der Waals surface area contributed by atoms with Gasteiger partial charge in [0.1, 0.15) is 23.0 Å². The molecule has 0 N–H and O–H groups in total. The van der Waals surface area contributed by atoms with E-state index in [9.17, 15) is 18.4 Å². The molecule has 0 bridgehead atoms. The molecule has 0 aliphatic heterocycles. The first-order chi connectivity index (χ1) is 15.3. The van der Waals surface area contributed by atoms with Crippen LogP contribution in [-0.4, -0.2) is 38.9 Å². The number of aryl methyl sites for hydroxylation is 2. The average Bonchev–Trinajstić information content (AvgIpc) is 3.14. The molecule has 0 fully saturated rings. The van der Waals surface area contributed by atoms with Crippen molar-refractivity contribution >= 4 is 11.6 Å². The summed E-state index contributed by atoms with van der Waals surface area (Å²) in [4.78, 5) is 29.1. The number of esters is 1. The molecule has 0 amide bonds. The minimum absolute atomic E-state index is 0.0706. The SMILES string of the molecule is COC(=O)COc1cccn2c(=O)c(-c3cc(C)n(-c4cc(F)ccc4F)n3)c(C)nc12. The van der Waals surface area contributed by atoms with Gasteiger partial charge in [0, 0.05) is 18.0 Å². The van der Waals surface area contributed by atoms with Crippen molar-refractivity contribution in [2.45, 2.75) is 13.8 Å². The number of aromatic nitrogens is 4. The summed E-state index contributed by atoms with van der Waals surface area (Å²) in [5.74, 6) is -1.61. The van der Waals surface area contributed by atoms with Crippen LogP contribution in [0.4, 0.5) is 8.78 Å². The van der Waals surface area contributed by atoms with Gasteiger partial charge in [-0.2, -0.15) is 5.10 Å². The van der Waals surface area contributed by atoms with Gasteiger partial charge in [-0.25, -0.2) is 23.2 Å². The van der Waals surface area contributed by atoms with Crippen LogP contribution in [0.1, 0.15) is 11.4 Å².